The van der Waals surface area contributed by atoms with E-state index in [-0.39, 0.29) is 23.0 Å². The highest BCUT2D eigenvalue weighted by atomic mass is 79.9. The Morgan fingerprint density at radius 2 is 1.69 bits per heavy atom. The molecule has 0 amide bonds. The first-order valence-electron chi connectivity index (χ1n) is 10.0. The van der Waals surface area contributed by atoms with Crippen LogP contribution in [0.5, 0.6) is 5.75 Å². The van der Waals surface area contributed by atoms with Gasteiger partial charge in [-0.3, -0.25) is 10.1 Å². The molecule has 1 aliphatic heterocycles. The Labute approximate surface area is 216 Å². The predicted octanol–water partition coefficient (Wildman–Crippen LogP) is 6.08. The van der Waals surface area contributed by atoms with Crippen LogP contribution in [-0.4, -0.2) is 22.8 Å². The van der Waals surface area contributed by atoms with E-state index in [2.05, 4.69) is 36.9 Å². The number of nitro benzene ring substituents is 1. The number of ether oxygens (including phenoxy) is 2. The largest absolute Gasteiger partial charge is 0.423 e. The molecule has 0 fully saturated rings. The summed E-state index contributed by atoms with van der Waals surface area (Å²) in [6, 6.07) is 17.8. The molecule has 10 heteroatoms. The van der Waals surface area contributed by atoms with E-state index in [1.165, 1.54) is 42.5 Å². The van der Waals surface area contributed by atoms with Crippen molar-refractivity contribution in [2.45, 2.75) is 0 Å². The molecule has 0 aromatic heterocycles. The summed E-state index contributed by atoms with van der Waals surface area (Å²) in [5, 5.41) is 10.8. The summed E-state index contributed by atoms with van der Waals surface area (Å²) in [5.74, 6) is -0.913. The van der Waals surface area contributed by atoms with E-state index in [0.717, 1.165) is 4.47 Å². The molecule has 0 bridgehead atoms. The minimum Gasteiger partial charge on any atom is -0.423 e. The van der Waals surface area contributed by atoms with Gasteiger partial charge in [-0.1, -0.05) is 31.9 Å². The summed E-state index contributed by atoms with van der Waals surface area (Å²) in [6.45, 7) is 0. The number of carbonyl (C=O) groups is 2. The molecule has 8 nitrogen and oxygen atoms in total. The van der Waals surface area contributed by atoms with Gasteiger partial charge >= 0.3 is 11.9 Å². The van der Waals surface area contributed by atoms with Crippen LogP contribution in [0.25, 0.3) is 12.2 Å². The van der Waals surface area contributed by atoms with Gasteiger partial charge in [-0.05, 0) is 72.3 Å². The average molecular weight is 598 g/mol. The summed E-state index contributed by atoms with van der Waals surface area (Å²) in [5.41, 5.74) is 1.68. The lowest BCUT2D eigenvalue weighted by atomic mass is 10.1. The van der Waals surface area contributed by atoms with Crippen molar-refractivity contribution in [1.29, 1.82) is 0 Å². The van der Waals surface area contributed by atoms with Gasteiger partial charge in [-0.2, -0.15) is 0 Å². The van der Waals surface area contributed by atoms with Crippen LogP contribution < -0.4 is 4.74 Å². The number of halogens is 2. The number of aliphatic imine (C=N–C) groups is 1. The van der Waals surface area contributed by atoms with Crippen LogP contribution in [0.2, 0.25) is 0 Å². The summed E-state index contributed by atoms with van der Waals surface area (Å²) >= 11 is 6.73. The van der Waals surface area contributed by atoms with E-state index in [1.807, 2.05) is 12.1 Å². The lowest BCUT2D eigenvalue weighted by molar-refractivity contribution is -0.384. The lowest BCUT2D eigenvalue weighted by Crippen LogP contribution is -2.06. The van der Waals surface area contributed by atoms with Crippen LogP contribution in [0.1, 0.15) is 16.7 Å². The van der Waals surface area contributed by atoms with Gasteiger partial charge in [0.05, 0.1) is 4.92 Å². The summed E-state index contributed by atoms with van der Waals surface area (Å²) < 4.78 is 12.3. The molecule has 0 radical (unpaired) electrons. The number of nitro groups is 1. The second kappa shape index (κ2) is 10.6. The van der Waals surface area contributed by atoms with Crippen LogP contribution in [0.15, 0.2) is 92.4 Å². The summed E-state index contributed by atoms with van der Waals surface area (Å²) in [4.78, 5) is 39.3. The number of carbonyl (C=O) groups excluding carboxylic acids is 2. The zero-order valence-corrected chi connectivity index (χ0v) is 20.9. The first-order chi connectivity index (χ1) is 16.8. The molecule has 4 rings (SSSR count). The smallest absolute Gasteiger partial charge is 0.363 e. The SMILES string of the molecule is O=C(/C=C/c1ccc([N+](=O)[O-])cc1)Oc1ccc(Br)cc1/C=C1\N=C(c2ccc(Br)cc2)OC1=O. The highest BCUT2D eigenvalue weighted by Gasteiger charge is 2.24. The van der Waals surface area contributed by atoms with Gasteiger partial charge in [0.25, 0.3) is 5.69 Å². The fraction of sp³-hybridized carbons (Fsp3) is 0. The molecule has 0 saturated heterocycles. The summed E-state index contributed by atoms with van der Waals surface area (Å²) in [7, 11) is 0. The van der Waals surface area contributed by atoms with E-state index in [4.69, 9.17) is 9.47 Å². The Balaban J connectivity index is 1.54. The first kappa shape index (κ1) is 24.2. The van der Waals surface area contributed by atoms with E-state index in [0.29, 0.717) is 21.2 Å². The molecule has 174 valence electrons. The Bertz CT molecular complexity index is 1410. The number of rotatable bonds is 6. The van der Waals surface area contributed by atoms with Crippen molar-refractivity contribution in [3.63, 3.8) is 0 Å². The number of hydrogen-bond donors (Lipinski definition) is 0. The van der Waals surface area contributed by atoms with Gasteiger partial charge < -0.3 is 9.47 Å². The van der Waals surface area contributed by atoms with E-state index < -0.39 is 16.9 Å². The Hall–Kier alpha value is -3.89. The number of non-ortho nitro benzene ring substituents is 1. The van der Waals surface area contributed by atoms with Crippen molar-refractivity contribution < 1.29 is 24.0 Å². The molecule has 0 spiro atoms. The zero-order valence-electron chi connectivity index (χ0n) is 17.7. The number of nitrogens with zero attached hydrogens (tertiary/aromatic N) is 2. The molecule has 35 heavy (non-hydrogen) atoms. The highest BCUT2D eigenvalue weighted by Crippen LogP contribution is 2.28. The molecule has 3 aromatic rings. The van der Waals surface area contributed by atoms with Gasteiger partial charge in [0.15, 0.2) is 5.70 Å². The van der Waals surface area contributed by atoms with Crippen molar-refractivity contribution in [1.82, 2.24) is 0 Å². The number of cyclic esters (lactones) is 1. The second-order valence-corrected chi connectivity index (χ2v) is 8.96. The van der Waals surface area contributed by atoms with Crippen molar-refractivity contribution in [3.8, 4) is 5.75 Å². The molecule has 0 aliphatic carbocycles. The number of benzene rings is 3. The molecule has 0 atom stereocenters. The van der Waals surface area contributed by atoms with E-state index in [1.54, 1.807) is 30.3 Å². The number of hydrogen-bond acceptors (Lipinski definition) is 7. The van der Waals surface area contributed by atoms with Crippen molar-refractivity contribution >= 4 is 67.5 Å². The quantitative estimate of drug-likeness (QED) is 0.112. The monoisotopic (exact) mass is 596 g/mol. The average Bonchev–Trinajstić information content (AvgIpc) is 3.20. The minimum atomic E-state index is -0.668. The Kier molecular flexibility index (Phi) is 7.33. The third kappa shape index (κ3) is 6.17. The fourth-order valence-electron chi connectivity index (χ4n) is 3.01. The van der Waals surface area contributed by atoms with Crippen molar-refractivity contribution in [2.24, 2.45) is 4.99 Å². The maximum atomic E-state index is 12.4. The third-order valence-electron chi connectivity index (χ3n) is 4.70. The molecular formula is C25H14Br2N2O6. The van der Waals surface area contributed by atoms with Gasteiger partial charge in [-0.15, -0.1) is 0 Å². The van der Waals surface area contributed by atoms with Crippen LogP contribution in [0, 0.1) is 10.1 Å². The fourth-order valence-corrected chi connectivity index (χ4v) is 3.65. The topological polar surface area (TPSA) is 108 Å². The minimum absolute atomic E-state index is 0.0475. The summed E-state index contributed by atoms with van der Waals surface area (Å²) in [6.07, 6.45) is 4.15. The third-order valence-corrected chi connectivity index (χ3v) is 5.72. The van der Waals surface area contributed by atoms with Crippen molar-refractivity contribution in [3.05, 3.63) is 114 Å². The standard InChI is InChI=1S/C25H14Br2N2O6/c26-18-6-4-16(5-7-18)24-28-21(25(31)35-24)14-17-13-19(27)8-11-22(17)34-23(30)12-3-15-1-9-20(10-2-15)29(32)33/h1-14H/b12-3+,21-14-. The molecule has 0 saturated carbocycles. The van der Waals surface area contributed by atoms with Gasteiger partial charge in [-0.25, -0.2) is 14.6 Å². The number of esters is 2. The lowest BCUT2D eigenvalue weighted by Gasteiger charge is -2.06. The van der Waals surface area contributed by atoms with E-state index >= 15 is 0 Å². The first-order valence-corrected chi connectivity index (χ1v) is 11.6. The molecule has 3 aromatic carbocycles. The van der Waals surface area contributed by atoms with Crippen LogP contribution in [0.4, 0.5) is 5.69 Å². The van der Waals surface area contributed by atoms with Crippen LogP contribution in [0.3, 0.4) is 0 Å². The molecule has 0 unspecified atom stereocenters. The van der Waals surface area contributed by atoms with Gasteiger partial charge in [0.2, 0.25) is 5.90 Å². The maximum absolute atomic E-state index is 12.4. The zero-order chi connectivity index (χ0) is 24.9. The maximum Gasteiger partial charge on any atom is 0.363 e. The Morgan fingerprint density at radius 1 is 1.00 bits per heavy atom. The Morgan fingerprint density at radius 3 is 2.37 bits per heavy atom. The van der Waals surface area contributed by atoms with Crippen molar-refractivity contribution in [2.75, 3.05) is 0 Å². The van der Waals surface area contributed by atoms with Gasteiger partial charge in [0.1, 0.15) is 5.75 Å². The normalized spacial score (nSPS) is 14.2. The molecule has 1 aliphatic rings. The van der Waals surface area contributed by atoms with Crippen LogP contribution >= 0.6 is 31.9 Å². The van der Waals surface area contributed by atoms with Crippen LogP contribution in [-0.2, 0) is 14.3 Å². The van der Waals surface area contributed by atoms with E-state index in [9.17, 15) is 19.7 Å². The molecule has 0 N–H and O–H groups in total. The molecular weight excluding hydrogens is 584 g/mol. The molecule has 1 heterocycles. The highest BCUT2D eigenvalue weighted by molar-refractivity contribution is 9.10. The predicted molar refractivity (Wildman–Crippen MR) is 137 cm³/mol. The second-order valence-electron chi connectivity index (χ2n) is 7.13. The van der Waals surface area contributed by atoms with Gasteiger partial charge in [0, 0.05) is 38.3 Å².